The predicted octanol–water partition coefficient (Wildman–Crippen LogP) is 3.10. The van der Waals surface area contributed by atoms with E-state index < -0.39 is 5.91 Å². The normalized spacial score (nSPS) is 13.0. The van der Waals surface area contributed by atoms with Gasteiger partial charge in [0.1, 0.15) is 5.82 Å². The van der Waals surface area contributed by atoms with Gasteiger partial charge in [-0.3, -0.25) is 9.59 Å². The summed E-state index contributed by atoms with van der Waals surface area (Å²) in [6, 6.07) is 10.2. The molecule has 1 aliphatic rings. The minimum Gasteiger partial charge on any atom is -0.319 e. The van der Waals surface area contributed by atoms with E-state index in [1.165, 1.54) is 4.90 Å². The van der Waals surface area contributed by atoms with Crippen molar-refractivity contribution in [3.8, 4) is 0 Å². The highest BCUT2D eigenvalue weighted by Gasteiger charge is 2.21. The number of nitrogens with one attached hydrogen (secondary N) is 2. The van der Waals surface area contributed by atoms with Gasteiger partial charge in [0.05, 0.1) is 16.9 Å². The van der Waals surface area contributed by atoms with Gasteiger partial charge in [-0.15, -0.1) is 0 Å². The molecule has 0 aromatic heterocycles. The molecule has 2 amide bonds. The Labute approximate surface area is 152 Å². The molecule has 0 atom stereocenters. The first-order valence-corrected chi connectivity index (χ1v) is 8.70. The molecule has 26 heavy (non-hydrogen) atoms. The van der Waals surface area contributed by atoms with Crippen LogP contribution >= 0.6 is 0 Å². The van der Waals surface area contributed by atoms with Crippen molar-refractivity contribution in [2.45, 2.75) is 26.3 Å². The lowest BCUT2D eigenvalue weighted by atomic mass is 9.99. The minimum atomic E-state index is -0.441. The molecule has 0 unspecified atom stereocenters. The Morgan fingerprint density at radius 2 is 2.00 bits per heavy atom. The summed E-state index contributed by atoms with van der Waals surface area (Å²) in [6.45, 7) is 3.11. The second-order valence-corrected chi connectivity index (χ2v) is 6.27. The van der Waals surface area contributed by atoms with E-state index in [2.05, 4.69) is 10.6 Å². The SMILES string of the molecule is CCC(=O)N(C)c1ccccc1C(=O)Nc1ccc2c(c1F)CCNC2. The van der Waals surface area contributed by atoms with Gasteiger partial charge in [-0.2, -0.15) is 0 Å². The van der Waals surface area contributed by atoms with Gasteiger partial charge in [-0.1, -0.05) is 25.1 Å². The van der Waals surface area contributed by atoms with Crippen molar-refractivity contribution in [1.29, 1.82) is 0 Å². The molecule has 0 bridgehead atoms. The monoisotopic (exact) mass is 355 g/mol. The highest BCUT2D eigenvalue weighted by atomic mass is 19.1. The number of hydrogen-bond donors (Lipinski definition) is 2. The Morgan fingerprint density at radius 1 is 1.23 bits per heavy atom. The molecule has 0 fully saturated rings. The quantitative estimate of drug-likeness (QED) is 0.886. The fraction of sp³-hybridized carbons (Fsp3) is 0.300. The largest absolute Gasteiger partial charge is 0.319 e. The summed E-state index contributed by atoms with van der Waals surface area (Å²) >= 11 is 0. The van der Waals surface area contributed by atoms with Gasteiger partial charge < -0.3 is 15.5 Å². The lowest BCUT2D eigenvalue weighted by molar-refractivity contribution is -0.118. The van der Waals surface area contributed by atoms with E-state index in [0.717, 1.165) is 5.56 Å². The second-order valence-electron chi connectivity index (χ2n) is 6.27. The first-order valence-electron chi connectivity index (χ1n) is 8.70. The number of amides is 2. The summed E-state index contributed by atoms with van der Waals surface area (Å²) < 4.78 is 14.8. The number of fused-ring (bicyclic) bond motifs is 1. The number of hydrogen-bond acceptors (Lipinski definition) is 3. The molecule has 0 aliphatic carbocycles. The molecule has 6 heteroatoms. The lowest BCUT2D eigenvalue weighted by Crippen LogP contribution is -2.28. The number of halogens is 1. The van der Waals surface area contributed by atoms with Gasteiger partial charge in [0.2, 0.25) is 5.91 Å². The van der Waals surface area contributed by atoms with Gasteiger partial charge in [0.25, 0.3) is 5.91 Å². The number of rotatable bonds is 4. The molecule has 2 aromatic carbocycles. The van der Waals surface area contributed by atoms with Crippen molar-refractivity contribution in [1.82, 2.24) is 5.32 Å². The fourth-order valence-corrected chi connectivity index (χ4v) is 3.15. The third-order valence-corrected chi connectivity index (χ3v) is 4.64. The first-order chi connectivity index (χ1) is 12.5. The molecular formula is C20H22FN3O2. The summed E-state index contributed by atoms with van der Waals surface area (Å²) in [5.41, 5.74) is 2.55. The van der Waals surface area contributed by atoms with E-state index in [4.69, 9.17) is 0 Å². The Morgan fingerprint density at radius 3 is 2.77 bits per heavy atom. The third kappa shape index (κ3) is 3.46. The van der Waals surface area contributed by atoms with E-state index in [9.17, 15) is 14.0 Å². The van der Waals surface area contributed by atoms with Crippen molar-refractivity contribution in [2.24, 2.45) is 0 Å². The fourth-order valence-electron chi connectivity index (χ4n) is 3.15. The number of nitrogens with zero attached hydrogens (tertiary/aromatic N) is 1. The maximum Gasteiger partial charge on any atom is 0.257 e. The molecule has 136 valence electrons. The number of benzene rings is 2. The van der Waals surface area contributed by atoms with Crippen LogP contribution in [0.25, 0.3) is 0 Å². The topological polar surface area (TPSA) is 61.4 Å². The third-order valence-electron chi connectivity index (χ3n) is 4.64. The van der Waals surface area contributed by atoms with Crippen LogP contribution in [0.2, 0.25) is 0 Å². The minimum absolute atomic E-state index is 0.0993. The Hall–Kier alpha value is -2.73. The maximum atomic E-state index is 14.8. The molecule has 1 aliphatic heterocycles. The van der Waals surface area contributed by atoms with E-state index in [1.54, 1.807) is 44.3 Å². The molecule has 2 aromatic rings. The van der Waals surface area contributed by atoms with Gasteiger partial charge in [0, 0.05) is 20.0 Å². The van der Waals surface area contributed by atoms with Crippen LogP contribution in [0.3, 0.4) is 0 Å². The van der Waals surface area contributed by atoms with Crippen molar-refractivity contribution < 1.29 is 14.0 Å². The van der Waals surface area contributed by atoms with Crippen LogP contribution in [0.15, 0.2) is 36.4 Å². The lowest BCUT2D eigenvalue weighted by Gasteiger charge is -2.21. The van der Waals surface area contributed by atoms with Gasteiger partial charge in [0.15, 0.2) is 0 Å². The molecular weight excluding hydrogens is 333 g/mol. The van der Waals surface area contributed by atoms with Gasteiger partial charge >= 0.3 is 0 Å². The summed E-state index contributed by atoms with van der Waals surface area (Å²) in [5.74, 6) is -0.922. The highest BCUT2D eigenvalue weighted by molar-refractivity contribution is 6.10. The van der Waals surface area contributed by atoms with Crippen molar-refractivity contribution in [3.63, 3.8) is 0 Å². The van der Waals surface area contributed by atoms with Gasteiger partial charge in [-0.25, -0.2) is 4.39 Å². The van der Waals surface area contributed by atoms with Crippen LogP contribution in [-0.4, -0.2) is 25.4 Å². The van der Waals surface area contributed by atoms with Crippen molar-refractivity contribution >= 4 is 23.2 Å². The van der Waals surface area contributed by atoms with Crippen LogP contribution in [0.1, 0.15) is 34.8 Å². The smallest absolute Gasteiger partial charge is 0.257 e. The Balaban J connectivity index is 1.89. The Kier molecular flexibility index (Phi) is 5.32. The molecule has 0 spiro atoms. The molecule has 2 N–H and O–H groups in total. The van der Waals surface area contributed by atoms with Crippen LogP contribution in [-0.2, 0) is 17.8 Å². The zero-order valence-corrected chi connectivity index (χ0v) is 14.9. The molecule has 0 saturated heterocycles. The number of carbonyl (C=O) groups excluding carboxylic acids is 2. The summed E-state index contributed by atoms with van der Waals surface area (Å²) in [5, 5.41) is 5.86. The molecule has 0 radical (unpaired) electrons. The average Bonchev–Trinajstić information content (AvgIpc) is 2.69. The molecule has 1 heterocycles. The first kappa shape index (κ1) is 18.1. The maximum absolute atomic E-state index is 14.8. The van der Waals surface area contributed by atoms with Crippen molar-refractivity contribution in [3.05, 3.63) is 58.9 Å². The van der Waals surface area contributed by atoms with E-state index in [-0.39, 0.29) is 17.4 Å². The summed E-state index contributed by atoms with van der Waals surface area (Å²) in [4.78, 5) is 26.2. The van der Waals surface area contributed by atoms with Crippen LogP contribution in [0.5, 0.6) is 0 Å². The average molecular weight is 355 g/mol. The van der Waals surface area contributed by atoms with Crippen LogP contribution in [0.4, 0.5) is 15.8 Å². The molecule has 3 rings (SSSR count). The summed E-state index contributed by atoms with van der Waals surface area (Å²) in [6.07, 6.45) is 0.926. The second kappa shape index (κ2) is 7.66. The molecule has 0 saturated carbocycles. The zero-order chi connectivity index (χ0) is 18.7. The van der Waals surface area contributed by atoms with Crippen LogP contribution < -0.4 is 15.5 Å². The molecule has 5 nitrogen and oxygen atoms in total. The van der Waals surface area contributed by atoms with E-state index >= 15 is 0 Å². The predicted molar refractivity (Wildman–Crippen MR) is 99.9 cm³/mol. The standard InChI is InChI=1S/C20H22FN3O2/c1-3-18(25)24(2)17-7-5-4-6-15(17)20(26)23-16-9-8-13-12-22-11-10-14(13)19(16)21/h4-9,22H,3,10-12H2,1-2H3,(H,23,26). The number of carbonyl (C=O) groups is 2. The van der Waals surface area contributed by atoms with E-state index in [1.807, 2.05) is 6.07 Å². The van der Waals surface area contributed by atoms with Gasteiger partial charge in [-0.05, 0) is 42.3 Å². The van der Waals surface area contributed by atoms with Crippen molar-refractivity contribution in [2.75, 3.05) is 23.8 Å². The van der Waals surface area contributed by atoms with Crippen LogP contribution in [0, 0.1) is 5.82 Å². The Bertz CT molecular complexity index is 851. The zero-order valence-electron chi connectivity index (χ0n) is 14.9. The highest BCUT2D eigenvalue weighted by Crippen LogP contribution is 2.26. The summed E-state index contributed by atoms with van der Waals surface area (Å²) in [7, 11) is 1.63. The van der Waals surface area contributed by atoms with E-state index in [0.29, 0.717) is 42.7 Å². The number of para-hydroxylation sites is 1. The number of anilines is 2.